The molecule has 2 aromatic carbocycles. The highest BCUT2D eigenvalue weighted by Gasteiger charge is 2.46. The molecule has 0 aliphatic rings. The quantitative estimate of drug-likeness (QED) is 0.349. The number of sulfone groups is 1. The molecule has 0 saturated heterocycles. The molecule has 38 heavy (non-hydrogen) atoms. The fourth-order valence-corrected chi connectivity index (χ4v) is 5.46. The summed E-state index contributed by atoms with van der Waals surface area (Å²) in [6, 6.07) is 12.3. The molecule has 0 spiro atoms. The van der Waals surface area contributed by atoms with E-state index in [0.29, 0.717) is 17.7 Å². The van der Waals surface area contributed by atoms with Crippen LogP contribution in [-0.4, -0.2) is 41.6 Å². The van der Waals surface area contributed by atoms with Crippen LogP contribution in [0.5, 0.6) is 5.88 Å². The Bertz CT molecular complexity index is 1760. The van der Waals surface area contributed by atoms with Crippen molar-refractivity contribution < 1.29 is 35.1 Å². The molecule has 0 aliphatic heterocycles. The molecule has 2 heterocycles. The van der Waals surface area contributed by atoms with Gasteiger partial charge in [-0.1, -0.05) is 18.2 Å². The Balaban J connectivity index is 1.70. The number of anilines is 1. The van der Waals surface area contributed by atoms with Crippen molar-refractivity contribution in [3.63, 3.8) is 0 Å². The van der Waals surface area contributed by atoms with Crippen LogP contribution in [0.2, 0.25) is 0 Å². The molecule has 15 heteroatoms. The third kappa shape index (κ3) is 4.89. The van der Waals surface area contributed by atoms with Crippen molar-refractivity contribution in [3.8, 4) is 11.6 Å². The minimum Gasteiger partial charge on any atom is -0.493 e. The number of benzene rings is 2. The number of rotatable bonds is 7. The van der Waals surface area contributed by atoms with Gasteiger partial charge in [-0.15, -0.1) is 0 Å². The van der Waals surface area contributed by atoms with Gasteiger partial charge in [0.1, 0.15) is 0 Å². The van der Waals surface area contributed by atoms with Crippen LogP contribution in [-0.2, 0) is 26.4 Å². The maximum absolute atomic E-state index is 13.2. The second kappa shape index (κ2) is 9.64. The van der Waals surface area contributed by atoms with Gasteiger partial charge < -0.3 is 5.11 Å². The lowest BCUT2D eigenvalue weighted by Gasteiger charge is -2.13. The highest BCUT2D eigenvalue weighted by Crippen LogP contribution is 2.31. The maximum Gasteiger partial charge on any atom is 0.501 e. The van der Waals surface area contributed by atoms with Gasteiger partial charge in [-0.2, -0.15) is 13.2 Å². The Labute approximate surface area is 214 Å². The van der Waals surface area contributed by atoms with Crippen molar-refractivity contribution >= 4 is 25.5 Å². The van der Waals surface area contributed by atoms with Crippen LogP contribution in [0.3, 0.4) is 0 Å². The zero-order valence-electron chi connectivity index (χ0n) is 19.4. The van der Waals surface area contributed by atoms with Crippen molar-refractivity contribution in [1.82, 2.24) is 14.1 Å². The summed E-state index contributed by atoms with van der Waals surface area (Å²) in [4.78, 5) is 16.1. The molecule has 0 unspecified atom stereocenters. The lowest BCUT2D eigenvalue weighted by molar-refractivity contribution is -0.0436. The first-order valence-electron chi connectivity index (χ1n) is 10.7. The standard InChI is InChI=1S/C23H19F3N4O6S2/c1-15-21(31)30(17-7-9-18(10-8-17)37(33,34)23(24,25)26)22(32)29(15)14-16-11-12-27-13-20(16)28-38(35,36)19-5-3-2-4-6-19/h2-13,28,31H,14H2,1H3. The smallest absolute Gasteiger partial charge is 0.493 e. The van der Waals surface area contributed by atoms with E-state index < -0.39 is 41.8 Å². The Kier molecular flexibility index (Phi) is 6.84. The Morgan fingerprint density at radius 2 is 1.58 bits per heavy atom. The number of halogens is 3. The molecule has 200 valence electrons. The number of alkyl halides is 3. The number of sulfonamides is 1. The molecule has 0 saturated carbocycles. The molecule has 0 radical (unpaired) electrons. The van der Waals surface area contributed by atoms with Crippen LogP contribution >= 0.6 is 0 Å². The number of aromatic hydroxyl groups is 1. The van der Waals surface area contributed by atoms with Crippen LogP contribution in [0, 0.1) is 6.92 Å². The summed E-state index contributed by atoms with van der Waals surface area (Å²) < 4.78 is 91.6. The Morgan fingerprint density at radius 3 is 2.18 bits per heavy atom. The molecule has 0 aliphatic carbocycles. The summed E-state index contributed by atoms with van der Waals surface area (Å²) in [6.45, 7) is 1.20. The van der Waals surface area contributed by atoms with Gasteiger partial charge in [0, 0.05) is 6.20 Å². The van der Waals surface area contributed by atoms with E-state index in [1.807, 2.05) is 0 Å². The van der Waals surface area contributed by atoms with Crippen LogP contribution in [0.25, 0.3) is 5.69 Å². The van der Waals surface area contributed by atoms with E-state index in [9.17, 15) is 39.9 Å². The summed E-state index contributed by atoms with van der Waals surface area (Å²) >= 11 is 0. The van der Waals surface area contributed by atoms with E-state index in [2.05, 4.69) is 9.71 Å². The lowest BCUT2D eigenvalue weighted by Crippen LogP contribution is -2.25. The lowest BCUT2D eigenvalue weighted by atomic mass is 10.2. The normalized spacial score (nSPS) is 12.4. The van der Waals surface area contributed by atoms with Gasteiger partial charge in [-0.25, -0.2) is 26.2 Å². The predicted molar refractivity (Wildman–Crippen MR) is 130 cm³/mol. The second-order valence-corrected chi connectivity index (χ2v) is 11.6. The van der Waals surface area contributed by atoms with Crippen molar-refractivity contribution in [2.24, 2.45) is 0 Å². The Hall–Kier alpha value is -4.11. The Morgan fingerprint density at radius 1 is 0.947 bits per heavy atom. The second-order valence-electron chi connectivity index (χ2n) is 8.01. The van der Waals surface area contributed by atoms with E-state index in [4.69, 9.17) is 0 Å². The first kappa shape index (κ1) is 26.9. The SMILES string of the molecule is Cc1c(O)n(-c2ccc(S(=O)(=O)C(F)(F)F)cc2)c(=O)n1Cc1ccncc1NS(=O)(=O)c1ccccc1. The first-order chi connectivity index (χ1) is 17.7. The van der Waals surface area contributed by atoms with Gasteiger partial charge in [-0.3, -0.25) is 14.3 Å². The fraction of sp³-hybridized carbons (Fsp3) is 0.130. The maximum atomic E-state index is 13.2. The summed E-state index contributed by atoms with van der Waals surface area (Å²) in [6.07, 6.45) is 2.64. The molecule has 2 N–H and O–H groups in total. The van der Waals surface area contributed by atoms with E-state index in [1.54, 1.807) is 18.2 Å². The number of imidazole rings is 1. The zero-order chi connectivity index (χ0) is 27.9. The minimum absolute atomic E-state index is 0.00271. The third-order valence-corrected chi connectivity index (χ3v) is 8.49. The summed E-state index contributed by atoms with van der Waals surface area (Å²) in [5.41, 5.74) is -5.92. The van der Waals surface area contributed by atoms with E-state index in [-0.39, 0.29) is 28.5 Å². The number of hydrogen-bond donors (Lipinski definition) is 2. The highest BCUT2D eigenvalue weighted by molar-refractivity contribution is 7.92. The molecular weight excluding hydrogens is 549 g/mol. The van der Waals surface area contributed by atoms with Crippen LogP contribution in [0.4, 0.5) is 18.9 Å². The van der Waals surface area contributed by atoms with Gasteiger partial charge in [-0.05, 0) is 55.0 Å². The highest BCUT2D eigenvalue weighted by atomic mass is 32.2. The monoisotopic (exact) mass is 568 g/mol. The molecule has 0 atom stereocenters. The van der Waals surface area contributed by atoms with Crippen molar-refractivity contribution in [2.75, 3.05) is 4.72 Å². The zero-order valence-corrected chi connectivity index (χ0v) is 21.0. The van der Waals surface area contributed by atoms with Crippen molar-refractivity contribution in [2.45, 2.75) is 28.8 Å². The molecule has 0 bridgehead atoms. The van der Waals surface area contributed by atoms with Gasteiger partial charge in [0.2, 0.25) is 5.88 Å². The third-order valence-electron chi connectivity index (χ3n) is 5.61. The minimum atomic E-state index is -5.60. The van der Waals surface area contributed by atoms with Gasteiger partial charge in [0.05, 0.1) is 39.6 Å². The summed E-state index contributed by atoms with van der Waals surface area (Å²) in [7, 11) is -9.58. The number of hydrogen-bond acceptors (Lipinski definition) is 7. The predicted octanol–water partition coefficient (Wildman–Crippen LogP) is 3.19. The first-order valence-corrected chi connectivity index (χ1v) is 13.6. The molecule has 0 fully saturated rings. The van der Waals surface area contributed by atoms with Gasteiger partial charge >= 0.3 is 11.2 Å². The summed E-state index contributed by atoms with van der Waals surface area (Å²) in [5.74, 6) is -0.540. The van der Waals surface area contributed by atoms with E-state index in [0.717, 1.165) is 21.3 Å². The fourth-order valence-electron chi connectivity index (χ4n) is 3.59. The molecule has 2 aromatic heterocycles. The molecule has 0 amide bonds. The van der Waals surface area contributed by atoms with Crippen molar-refractivity contribution in [1.29, 1.82) is 0 Å². The van der Waals surface area contributed by atoms with Gasteiger partial charge in [0.15, 0.2) is 0 Å². The number of nitrogens with one attached hydrogen (secondary N) is 1. The average molecular weight is 569 g/mol. The van der Waals surface area contributed by atoms with Crippen LogP contribution in [0.15, 0.2) is 87.6 Å². The molecule has 4 aromatic rings. The van der Waals surface area contributed by atoms with Crippen LogP contribution in [0.1, 0.15) is 11.3 Å². The molecule has 4 rings (SSSR count). The molecular formula is C23H19F3N4O6S2. The number of pyridine rings is 1. The summed E-state index contributed by atoms with van der Waals surface area (Å²) in [5, 5.41) is 10.6. The number of nitrogens with zero attached hydrogens (tertiary/aromatic N) is 3. The topological polar surface area (TPSA) is 140 Å². The van der Waals surface area contributed by atoms with Crippen LogP contribution < -0.4 is 10.4 Å². The van der Waals surface area contributed by atoms with Gasteiger partial charge in [0.25, 0.3) is 19.9 Å². The van der Waals surface area contributed by atoms with Crippen molar-refractivity contribution in [3.05, 3.63) is 94.8 Å². The largest absolute Gasteiger partial charge is 0.501 e. The number of aromatic nitrogens is 3. The molecule has 10 nitrogen and oxygen atoms in total. The van der Waals surface area contributed by atoms with E-state index in [1.165, 1.54) is 37.5 Å². The average Bonchev–Trinajstić information content (AvgIpc) is 3.08. The van der Waals surface area contributed by atoms with E-state index >= 15 is 0 Å².